The summed E-state index contributed by atoms with van der Waals surface area (Å²) >= 11 is 0. The quantitative estimate of drug-likeness (QED) is 0.895. The van der Waals surface area contributed by atoms with Gasteiger partial charge in [0, 0.05) is 32.2 Å². The molecule has 3 rings (SSSR count). The van der Waals surface area contributed by atoms with Crippen LogP contribution in [0.3, 0.4) is 0 Å². The zero-order chi connectivity index (χ0) is 12.5. The van der Waals surface area contributed by atoms with Gasteiger partial charge >= 0.3 is 0 Å². The fourth-order valence-corrected chi connectivity index (χ4v) is 2.56. The van der Waals surface area contributed by atoms with E-state index in [9.17, 15) is 0 Å². The van der Waals surface area contributed by atoms with Crippen LogP contribution >= 0.6 is 0 Å². The number of anilines is 1. The minimum atomic E-state index is 0.754. The van der Waals surface area contributed by atoms with Crippen molar-refractivity contribution in [1.82, 2.24) is 14.7 Å². The highest BCUT2D eigenvalue weighted by atomic mass is 15.3. The predicted molar refractivity (Wildman–Crippen MR) is 71.7 cm³/mol. The van der Waals surface area contributed by atoms with E-state index >= 15 is 0 Å². The Hall–Kier alpha value is -1.81. The molecular weight excluding hydrogens is 224 g/mol. The molecule has 0 spiro atoms. The topological polar surface area (TPSA) is 47.1 Å². The highest BCUT2D eigenvalue weighted by Gasteiger charge is 2.19. The zero-order valence-electron chi connectivity index (χ0n) is 10.6. The first kappa shape index (κ1) is 11.3. The molecule has 2 N–H and O–H groups in total. The van der Waals surface area contributed by atoms with Crippen molar-refractivity contribution in [2.45, 2.75) is 33.1 Å². The molecule has 1 aromatic carbocycles. The van der Waals surface area contributed by atoms with Crippen molar-refractivity contribution in [3.05, 3.63) is 47.2 Å². The molecule has 2 heterocycles. The lowest BCUT2D eigenvalue weighted by atomic mass is 10.1. The van der Waals surface area contributed by atoms with E-state index in [1.807, 2.05) is 10.7 Å². The average molecular weight is 242 g/mol. The first-order valence-electron chi connectivity index (χ1n) is 6.37. The van der Waals surface area contributed by atoms with Gasteiger partial charge in [0.15, 0.2) is 0 Å². The Kier molecular flexibility index (Phi) is 2.80. The summed E-state index contributed by atoms with van der Waals surface area (Å²) in [5, 5.41) is 4.50. The molecular formula is C14H18N4. The van der Waals surface area contributed by atoms with E-state index in [2.05, 4.69) is 41.2 Å². The Morgan fingerprint density at radius 2 is 1.89 bits per heavy atom. The van der Waals surface area contributed by atoms with Crippen LogP contribution in [0.15, 0.2) is 30.3 Å². The molecule has 0 unspecified atom stereocenters. The van der Waals surface area contributed by atoms with Crippen molar-refractivity contribution in [2.75, 3.05) is 5.73 Å². The minimum absolute atomic E-state index is 0.754. The van der Waals surface area contributed by atoms with E-state index < -0.39 is 0 Å². The van der Waals surface area contributed by atoms with Crippen molar-refractivity contribution in [3.8, 4) is 0 Å². The summed E-state index contributed by atoms with van der Waals surface area (Å²) < 4.78 is 1.85. The molecule has 94 valence electrons. The van der Waals surface area contributed by atoms with Gasteiger partial charge in [-0.15, -0.1) is 0 Å². The lowest BCUT2D eigenvalue weighted by Gasteiger charge is -2.12. The Bertz CT molecular complexity index is 534. The number of nitrogens with two attached hydrogens (primary N) is 1. The summed E-state index contributed by atoms with van der Waals surface area (Å²) in [7, 11) is 0. The molecule has 2 aromatic rings. The third-order valence-electron chi connectivity index (χ3n) is 3.45. The van der Waals surface area contributed by atoms with Gasteiger partial charge in [-0.3, -0.25) is 9.58 Å². The van der Waals surface area contributed by atoms with Crippen LogP contribution in [0.25, 0.3) is 0 Å². The molecule has 0 fully saturated rings. The van der Waals surface area contributed by atoms with Crippen molar-refractivity contribution < 1.29 is 0 Å². The fraction of sp³-hybridized carbons (Fsp3) is 0.357. The smallest absolute Gasteiger partial charge is 0.121 e. The molecule has 1 aliphatic heterocycles. The van der Waals surface area contributed by atoms with Gasteiger partial charge in [0.1, 0.15) is 5.82 Å². The third kappa shape index (κ3) is 1.99. The molecule has 0 saturated heterocycles. The van der Waals surface area contributed by atoms with Crippen molar-refractivity contribution in [1.29, 1.82) is 0 Å². The molecule has 0 aliphatic carbocycles. The Morgan fingerprint density at radius 3 is 2.44 bits per heavy atom. The summed E-state index contributed by atoms with van der Waals surface area (Å²) in [4.78, 5) is 2.40. The normalized spacial score (nSPS) is 14.9. The largest absolute Gasteiger partial charge is 0.384 e. The zero-order valence-corrected chi connectivity index (χ0v) is 10.6. The van der Waals surface area contributed by atoms with E-state index in [0.29, 0.717) is 0 Å². The molecule has 0 amide bonds. The van der Waals surface area contributed by atoms with Gasteiger partial charge in [-0.25, -0.2) is 0 Å². The molecule has 0 saturated carbocycles. The van der Waals surface area contributed by atoms with Crippen molar-refractivity contribution in [2.24, 2.45) is 0 Å². The van der Waals surface area contributed by atoms with Gasteiger partial charge < -0.3 is 5.73 Å². The van der Waals surface area contributed by atoms with Gasteiger partial charge in [-0.05, 0) is 18.1 Å². The van der Waals surface area contributed by atoms with Gasteiger partial charge in [0.05, 0.1) is 5.69 Å². The van der Waals surface area contributed by atoms with Crippen LogP contribution in [0.1, 0.15) is 23.7 Å². The monoisotopic (exact) mass is 242 g/mol. The number of rotatable bonds is 3. The van der Waals surface area contributed by atoms with Gasteiger partial charge in [0.2, 0.25) is 0 Å². The molecule has 18 heavy (non-hydrogen) atoms. The summed E-state index contributed by atoms with van der Waals surface area (Å²) in [5.74, 6) is 0.754. The maximum atomic E-state index is 5.89. The molecule has 1 aromatic heterocycles. The number of aryl methyl sites for hydroxylation is 1. The summed E-state index contributed by atoms with van der Waals surface area (Å²) in [5.41, 5.74) is 9.81. The Balaban J connectivity index is 1.72. The molecule has 0 bridgehead atoms. The fourth-order valence-electron chi connectivity index (χ4n) is 2.56. The first-order chi connectivity index (χ1) is 8.76. The summed E-state index contributed by atoms with van der Waals surface area (Å²) in [6.45, 7) is 5.76. The van der Waals surface area contributed by atoms with E-state index in [-0.39, 0.29) is 0 Å². The Morgan fingerprint density at radius 1 is 1.22 bits per heavy atom. The average Bonchev–Trinajstić information content (AvgIpc) is 2.92. The van der Waals surface area contributed by atoms with Crippen LogP contribution in [-0.4, -0.2) is 14.7 Å². The Labute approximate surface area is 107 Å². The van der Waals surface area contributed by atoms with E-state index in [4.69, 9.17) is 5.73 Å². The molecule has 0 atom stereocenters. The lowest BCUT2D eigenvalue weighted by molar-refractivity contribution is 0.271. The van der Waals surface area contributed by atoms with Gasteiger partial charge in [-0.1, -0.05) is 24.3 Å². The number of nitrogens with zero attached hydrogens (tertiary/aromatic N) is 3. The third-order valence-corrected chi connectivity index (χ3v) is 3.45. The van der Waals surface area contributed by atoms with E-state index in [0.717, 1.165) is 37.7 Å². The van der Waals surface area contributed by atoms with Crippen LogP contribution in [0.5, 0.6) is 0 Å². The molecule has 4 heteroatoms. The highest BCUT2D eigenvalue weighted by Crippen LogP contribution is 2.23. The van der Waals surface area contributed by atoms with E-state index in [1.54, 1.807) is 0 Å². The number of benzene rings is 1. The number of aromatic nitrogens is 2. The maximum Gasteiger partial charge on any atom is 0.121 e. The lowest BCUT2D eigenvalue weighted by Crippen LogP contribution is -2.16. The maximum absolute atomic E-state index is 5.89. The van der Waals surface area contributed by atoms with Gasteiger partial charge in [-0.2, -0.15) is 5.10 Å². The van der Waals surface area contributed by atoms with Gasteiger partial charge in [0.25, 0.3) is 0 Å². The predicted octanol–water partition coefficient (Wildman–Crippen LogP) is 2.00. The van der Waals surface area contributed by atoms with Crippen LogP contribution in [0, 0.1) is 0 Å². The van der Waals surface area contributed by atoms with Crippen molar-refractivity contribution >= 4 is 5.82 Å². The number of hydrogen-bond acceptors (Lipinski definition) is 3. The number of hydrogen-bond donors (Lipinski definition) is 1. The molecule has 4 nitrogen and oxygen atoms in total. The first-order valence-corrected chi connectivity index (χ1v) is 6.37. The second kappa shape index (κ2) is 4.46. The number of fused-ring (bicyclic) bond motifs is 1. The van der Waals surface area contributed by atoms with E-state index in [1.165, 1.54) is 11.1 Å². The minimum Gasteiger partial charge on any atom is -0.384 e. The van der Waals surface area contributed by atoms with Crippen molar-refractivity contribution in [3.63, 3.8) is 0 Å². The standard InChI is InChI=1S/C14H18N4/c1-2-18-14(15)7-13(16-18)10-17-8-11-5-3-4-6-12(11)9-17/h3-7H,2,8-10,15H2,1H3. The summed E-state index contributed by atoms with van der Waals surface area (Å²) in [6, 6.07) is 10.6. The second-order valence-electron chi connectivity index (χ2n) is 4.79. The second-order valence-corrected chi connectivity index (χ2v) is 4.79. The van der Waals surface area contributed by atoms with Crippen LogP contribution in [0.4, 0.5) is 5.82 Å². The molecule has 0 radical (unpaired) electrons. The van der Waals surface area contributed by atoms with Crippen LogP contribution < -0.4 is 5.73 Å². The number of nitrogen functional groups attached to an aromatic ring is 1. The summed E-state index contributed by atoms with van der Waals surface area (Å²) in [6.07, 6.45) is 0. The SMILES string of the molecule is CCn1nc(CN2Cc3ccccc3C2)cc1N. The highest BCUT2D eigenvalue weighted by molar-refractivity contribution is 5.32. The molecule has 1 aliphatic rings. The van der Waals surface area contributed by atoms with Crippen LogP contribution in [0.2, 0.25) is 0 Å². The van der Waals surface area contributed by atoms with Crippen LogP contribution in [-0.2, 0) is 26.2 Å².